The molecule has 0 saturated carbocycles. The highest BCUT2D eigenvalue weighted by atomic mass is 35.5. The number of epoxide rings is 1. The Hall–Kier alpha value is -1.45. The Morgan fingerprint density at radius 3 is 2.39 bits per heavy atom. The molecule has 0 aromatic heterocycles. The zero-order valence-corrected chi connectivity index (χ0v) is 9.99. The lowest BCUT2D eigenvalue weighted by Gasteiger charge is -2.01. The Labute approximate surface area is 108 Å². The number of hydrogen-bond donors (Lipinski definition) is 0. The summed E-state index contributed by atoms with van der Waals surface area (Å²) in [5, 5.41) is 0.590. The molecule has 0 aliphatic carbocycles. The van der Waals surface area contributed by atoms with Crippen LogP contribution in [0.1, 0.15) is 23.3 Å². The molecule has 0 spiro atoms. The van der Waals surface area contributed by atoms with Crippen molar-refractivity contribution in [2.45, 2.75) is 12.2 Å². The van der Waals surface area contributed by atoms with Crippen molar-refractivity contribution in [3.8, 4) is 0 Å². The molecule has 2 aromatic rings. The molecule has 1 fully saturated rings. The van der Waals surface area contributed by atoms with Crippen molar-refractivity contribution in [3.05, 3.63) is 70.2 Å². The third-order valence-electron chi connectivity index (χ3n) is 2.97. The minimum atomic E-state index is -0.591. The number of benzene rings is 2. The predicted octanol–water partition coefficient (Wildman–Crippen LogP) is 4.43. The fourth-order valence-corrected chi connectivity index (χ4v) is 2.27. The van der Waals surface area contributed by atoms with E-state index < -0.39 is 11.6 Å². The summed E-state index contributed by atoms with van der Waals surface area (Å²) in [5.41, 5.74) is 1.19. The Kier molecular flexibility index (Phi) is 2.80. The van der Waals surface area contributed by atoms with Crippen molar-refractivity contribution in [3.63, 3.8) is 0 Å². The van der Waals surface area contributed by atoms with Gasteiger partial charge in [0.15, 0.2) is 0 Å². The largest absolute Gasteiger partial charge is 0.359 e. The number of ether oxygens (including phenoxy) is 1. The average molecular weight is 267 g/mol. The van der Waals surface area contributed by atoms with Gasteiger partial charge in [0.05, 0.1) is 0 Å². The molecule has 4 heteroatoms. The van der Waals surface area contributed by atoms with E-state index in [2.05, 4.69) is 0 Å². The van der Waals surface area contributed by atoms with Crippen molar-refractivity contribution in [1.29, 1.82) is 0 Å². The van der Waals surface area contributed by atoms with Crippen LogP contribution in [0.5, 0.6) is 0 Å². The molecule has 18 heavy (non-hydrogen) atoms. The van der Waals surface area contributed by atoms with Crippen molar-refractivity contribution >= 4 is 11.6 Å². The maximum absolute atomic E-state index is 13.6. The first-order valence-electron chi connectivity index (χ1n) is 5.51. The van der Waals surface area contributed by atoms with Crippen LogP contribution in [0.25, 0.3) is 0 Å². The van der Waals surface area contributed by atoms with Crippen LogP contribution in [0.15, 0.2) is 42.5 Å². The molecule has 1 nitrogen and oxygen atoms in total. The fourth-order valence-electron chi connectivity index (χ4n) is 2.02. The number of halogens is 3. The predicted molar refractivity (Wildman–Crippen MR) is 64.4 cm³/mol. The minimum Gasteiger partial charge on any atom is -0.359 e. The highest BCUT2D eigenvalue weighted by molar-refractivity contribution is 6.31. The van der Waals surface area contributed by atoms with Crippen LogP contribution >= 0.6 is 11.6 Å². The molecule has 1 heterocycles. The van der Waals surface area contributed by atoms with Gasteiger partial charge in [0.25, 0.3) is 0 Å². The van der Waals surface area contributed by atoms with Gasteiger partial charge >= 0.3 is 0 Å². The minimum absolute atomic E-state index is 0.251. The molecule has 2 aromatic carbocycles. The summed E-state index contributed by atoms with van der Waals surface area (Å²) < 4.78 is 31.8. The molecule has 2 atom stereocenters. The summed E-state index contributed by atoms with van der Waals surface area (Å²) in [7, 11) is 0. The quantitative estimate of drug-likeness (QED) is 0.733. The van der Waals surface area contributed by atoms with Crippen molar-refractivity contribution in [2.75, 3.05) is 0 Å². The van der Waals surface area contributed by atoms with Crippen LogP contribution in [0.4, 0.5) is 8.78 Å². The van der Waals surface area contributed by atoms with Crippen LogP contribution in [-0.4, -0.2) is 0 Å². The molecule has 1 aliphatic rings. The van der Waals surface area contributed by atoms with E-state index in [4.69, 9.17) is 16.3 Å². The second-order valence-electron chi connectivity index (χ2n) is 4.16. The molecule has 0 bridgehead atoms. The van der Waals surface area contributed by atoms with E-state index in [1.165, 1.54) is 12.1 Å². The second kappa shape index (κ2) is 4.34. The fraction of sp³-hybridized carbons (Fsp3) is 0.143. The highest BCUT2D eigenvalue weighted by Gasteiger charge is 2.43. The maximum atomic E-state index is 13.6. The molecule has 0 amide bonds. The number of hydrogen-bond acceptors (Lipinski definition) is 1. The van der Waals surface area contributed by atoms with Crippen LogP contribution in [0, 0.1) is 11.6 Å². The molecule has 92 valence electrons. The first-order valence-corrected chi connectivity index (χ1v) is 5.89. The molecule has 3 rings (SSSR count). The van der Waals surface area contributed by atoms with Gasteiger partial charge in [-0.15, -0.1) is 0 Å². The average Bonchev–Trinajstić information content (AvgIpc) is 3.09. The summed E-state index contributed by atoms with van der Waals surface area (Å²) in [4.78, 5) is 0. The third kappa shape index (κ3) is 2.00. The van der Waals surface area contributed by atoms with Crippen LogP contribution in [0.3, 0.4) is 0 Å². The first-order chi connectivity index (χ1) is 8.66. The monoisotopic (exact) mass is 266 g/mol. The zero-order valence-electron chi connectivity index (χ0n) is 9.24. The SMILES string of the molecule is Fc1ccc([C@@H]2O[C@H]2c2ccccc2Cl)c(F)c1. The lowest BCUT2D eigenvalue weighted by molar-refractivity contribution is 0.373. The van der Waals surface area contributed by atoms with E-state index in [0.717, 1.165) is 11.6 Å². The van der Waals surface area contributed by atoms with E-state index >= 15 is 0 Å². The van der Waals surface area contributed by atoms with Crippen molar-refractivity contribution in [1.82, 2.24) is 0 Å². The summed E-state index contributed by atoms with van der Waals surface area (Å²) in [6, 6.07) is 10.8. The van der Waals surface area contributed by atoms with Crippen LogP contribution in [-0.2, 0) is 4.74 Å². The Balaban J connectivity index is 1.88. The Morgan fingerprint density at radius 1 is 0.944 bits per heavy atom. The van der Waals surface area contributed by atoms with E-state index in [9.17, 15) is 8.78 Å². The molecule has 0 N–H and O–H groups in total. The van der Waals surface area contributed by atoms with Crippen molar-refractivity contribution in [2.24, 2.45) is 0 Å². The van der Waals surface area contributed by atoms with Gasteiger partial charge in [0.1, 0.15) is 23.8 Å². The third-order valence-corrected chi connectivity index (χ3v) is 3.32. The van der Waals surface area contributed by atoms with E-state index in [1.54, 1.807) is 6.07 Å². The van der Waals surface area contributed by atoms with E-state index in [-0.39, 0.29) is 12.2 Å². The standard InChI is InChI=1S/C14H9ClF2O/c15-11-4-2-1-3-9(11)13-14(18-13)10-6-5-8(16)7-12(10)17/h1-7,13-14H/t13-,14-/m0/s1. The van der Waals surface area contributed by atoms with Crippen LogP contribution < -0.4 is 0 Å². The van der Waals surface area contributed by atoms with Gasteiger partial charge in [-0.1, -0.05) is 35.9 Å². The van der Waals surface area contributed by atoms with Crippen molar-refractivity contribution < 1.29 is 13.5 Å². The Bertz CT molecular complexity index is 600. The maximum Gasteiger partial charge on any atom is 0.132 e. The van der Waals surface area contributed by atoms with Gasteiger partial charge in [0.2, 0.25) is 0 Å². The lowest BCUT2D eigenvalue weighted by Crippen LogP contribution is -1.91. The van der Waals surface area contributed by atoms with Gasteiger partial charge in [-0.05, 0) is 12.1 Å². The summed E-state index contributed by atoms with van der Waals surface area (Å²) in [5.74, 6) is -1.18. The Morgan fingerprint density at radius 2 is 1.67 bits per heavy atom. The summed E-state index contributed by atoms with van der Waals surface area (Å²) in [6.07, 6.45) is -0.635. The molecular weight excluding hydrogens is 258 g/mol. The van der Waals surface area contributed by atoms with Crippen LogP contribution in [0.2, 0.25) is 5.02 Å². The molecule has 0 unspecified atom stereocenters. The summed E-state index contributed by atoms with van der Waals surface area (Å²) in [6.45, 7) is 0. The van der Waals surface area contributed by atoms with Gasteiger partial charge < -0.3 is 4.74 Å². The number of rotatable bonds is 2. The first kappa shape index (κ1) is 11.6. The van der Waals surface area contributed by atoms with Gasteiger partial charge in [0, 0.05) is 22.2 Å². The molecule has 0 radical (unpaired) electrons. The molecule has 1 saturated heterocycles. The van der Waals surface area contributed by atoms with Gasteiger partial charge in [-0.2, -0.15) is 0 Å². The molecular formula is C14H9ClF2O. The second-order valence-corrected chi connectivity index (χ2v) is 4.57. The lowest BCUT2D eigenvalue weighted by atomic mass is 10.0. The van der Waals surface area contributed by atoms with Gasteiger partial charge in [-0.3, -0.25) is 0 Å². The highest BCUT2D eigenvalue weighted by Crippen LogP contribution is 2.53. The molecule has 1 aliphatic heterocycles. The summed E-state index contributed by atoms with van der Waals surface area (Å²) >= 11 is 6.04. The smallest absolute Gasteiger partial charge is 0.132 e. The zero-order chi connectivity index (χ0) is 12.7. The van der Waals surface area contributed by atoms with E-state index in [1.807, 2.05) is 18.2 Å². The van der Waals surface area contributed by atoms with Gasteiger partial charge in [-0.25, -0.2) is 8.78 Å². The van der Waals surface area contributed by atoms with E-state index in [0.29, 0.717) is 10.6 Å². The normalized spacial score (nSPS) is 21.9. The topological polar surface area (TPSA) is 12.5 Å².